The minimum atomic E-state index is -0.922. The molecule has 1 amide bonds. The molecule has 24 heavy (non-hydrogen) atoms. The van der Waals surface area contributed by atoms with E-state index in [1.165, 1.54) is 4.90 Å². The van der Waals surface area contributed by atoms with Gasteiger partial charge in [0.25, 0.3) is 5.91 Å². The Morgan fingerprint density at radius 3 is 2.54 bits per heavy atom. The Labute approximate surface area is 141 Å². The van der Waals surface area contributed by atoms with Gasteiger partial charge in [-0.2, -0.15) is 5.10 Å². The predicted octanol–water partition coefficient (Wildman–Crippen LogP) is 2.85. The number of carboxylic acid groups (broad SMARTS) is 1. The van der Waals surface area contributed by atoms with E-state index >= 15 is 0 Å². The highest BCUT2D eigenvalue weighted by Crippen LogP contribution is 2.25. The minimum absolute atomic E-state index is 0.0782. The molecule has 0 aliphatic heterocycles. The van der Waals surface area contributed by atoms with Gasteiger partial charge in [-0.1, -0.05) is 32.0 Å². The summed E-state index contributed by atoms with van der Waals surface area (Å²) in [5, 5.41) is 13.2. The van der Waals surface area contributed by atoms with Crippen LogP contribution in [-0.2, 0) is 4.79 Å². The molecule has 128 valence electrons. The van der Waals surface area contributed by atoms with Crippen LogP contribution in [-0.4, -0.2) is 45.3 Å². The molecule has 0 fully saturated rings. The average Bonchev–Trinajstić information content (AvgIpc) is 2.97. The Hall–Kier alpha value is -2.63. The Morgan fingerprint density at radius 1 is 1.29 bits per heavy atom. The lowest BCUT2D eigenvalue weighted by Crippen LogP contribution is -2.29. The Bertz CT molecular complexity index is 750. The molecule has 0 aliphatic carbocycles. The number of benzene rings is 1. The summed E-state index contributed by atoms with van der Waals surface area (Å²) in [6.07, 6.45) is 1.49. The number of nitrogens with zero attached hydrogens (tertiary/aromatic N) is 3. The van der Waals surface area contributed by atoms with Crippen LogP contribution in [0.25, 0.3) is 5.69 Å². The van der Waals surface area contributed by atoms with Crippen LogP contribution >= 0.6 is 0 Å². The van der Waals surface area contributed by atoms with E-state index in [0.717, 1.165) is 16.9 Å². The van der Waals surface area contributed by atoms with Crippen LogP contribution in [0.2, 0.25) is 0 Å². The van der Waals surface area contributed by atoms with Gasteiger partial charge >= 0.3 is 5.97 Å². The fourth-order valence-electron chi connectivity index (χ4n) is 2.64. The third-order valence-corrected chi connectivity index (χ3v) is 3.94. The number of aryl methyl sites for hydroxylation is 1. The standard InChI is InChI=1S/C18H23N3O3/c1-12(2)17-14(18(24)20(4)10-9-16(22)23)11-19-21(17)15-8-6-5-7-13(15)3/h5-8,11-12H,9-10H2,1-4H3,(H,22,23). The van der Waals surface area contributed by atoms with Crippen LogP contribution in [0.15, 0.2) is 30.5 Å². The molecule has 0 atom stereocenters. The molecular formula is C18H23N3O3. The van der Waals surface area contributed by atoms with Crippen LogP contribution in [0.5, 0.6) is 0 Å². The molecule has 2 aromatic rings. The van der Waals surface area contributed by atoms with Crippen molar-refractivity contribution in [1.82, 2.24) is 14.7 Å². The third kappa shape index (κ3) is 3.64. The van der Waals surface area contributed by atoms with E-state index in [4.69, 9.17) is 5.11 Å². The lowest BCUT2D eigenvalue weighted by atomic mass is 10.0. The van der Waals surface area contributed by atoms with Gasteiger partial charge in [0, 0.05) is 13.6 Å². The summed E-state index contributed by atoms with van der Waals surface area (Å²) < 4.78 is 1.80. The number of aromatic nitrogens is 2. The van der Waals surface area contributed by atoms with E-state index in [1.807, 2.05) is 45.0 Å². The van der Waals surface area contributed by atoms with Crippen molar-refractivity contribution in [2.45, 2.75) is 33.1 Å². The summed E-state index contributed by atoms with van der Waals surface area (Å²) in [5.74, 6) is -1.03. The van der Waals surface area contributed by atoms with Crippen LogP contribution in [0.4, 0.5) is 0 Å². The van der Waals surface area contributed by atoms with Gasteiger partial charge in [0.05, 0.1) is 29.6 Å². The van der Waals surface area contributed by atoms with E-state index in [2.05, 4.69) is 5.10 Å². The molecule has 0 saturated heterocycles. The first-order valence-electron chi connectivity index (χ1n) is 7.94. The first-order valence-corrected chi connectivity index (χ1v) is 7.94. The summed E-state index contributed by atoms with van der Waals surface area (Å²) in [6, 6.07) is 7.87. The van der Waals surface area contributed by atoms with Gasteiger partial charge in [-0.3, -0.25) is 9.59 Å². The van der Waals surface area contributed by atoms with E-state index in [1.54, 1.807) is 17.9 Å². The zero-order valence-electron chi connectivity index (χ0n) is 14.5. The molecule has 1 aromatic carbocycles. The largest absolute Gasteiger partial charge is 0.481 e. The van der Waals surface area contributed by atoms with Crippen LogP contribution in [0, 0.1) is 6.92 Å². The zero-order chi connectivity index (χ0) is 17.9. The molecule has 6 heteroatoms. The summed E-state index contributed by atoms with van der Waals surface area (Å²) in [4.78, 5) is 24.8. The fourth-order valence-corrected chi connectivity index (χ4v) is 2.64. The van der Waals surface area contributed by atoms with Crippen molar-refractivity contribution in [3.63, 3.8) is 0 Å². The molecule has 1 aromatic heterocycles. The maximum atomic E-state index is 12.7. The summed E-state index contributed by atoms with van der Waals surface area (Å²) >= 11 is 0. The second kappa shape index (κ2) is 7.29. The average molecular weight is 329 g/mol. The first-order chi connectivity index (χ1) is 11.3. The smallest absolute Gasteiger partial charge is 0.305 e. The van der Waals surface area contributed by atoms with Gasteiger partial charge in [0.15, 0.2) is 0 Å². The van der Waals surface area contributed by atoms with Crippen molar-refractivity contribution in [3.8, 4) is 5.69 Å². The van der Waals surface area contributed by atoms with Crippen molar-refractivity contribution in [1.29, 1.82) is 0 Å². The molecule has 0 saturated carbocycles. The van der Waals surface area contributed by atoms with Crippen LogP contribution < -0.4 is 0 Å². The zero-order valence-corrected chi connectivity index (χ0v) is 14.5. The molecule has 2 rings (SSSR count). The van der Waals surface area contributed by atoms with Crippen molar-refractivity contribution in [3.05, 3.63) is 47.3 Å². The number of hydrogen-bond acceptors (Lipinski definition) is 3. The highest BCUT2D eigenvalue weighted by Gasteiger charge is 2.23. The summed E-state index contributed by atoms with van der Waals surface area (Å²) in [6.45, 7) is 6.20. The van der Waals surface area contributed by atoms with E-state index < -0.39 is 5.97 Å². The van der Waals surface area contributed by atoms with Crippen molar-refractivity contribution < 1.29 is 14.7 Å². The van der Waals surface area contributed by atoms with Crippen molar-refractivity contribution in [2.24, 2.45) is 0 Å². The molecule has 1 N–H and O–H groups in total. The number of rotatable bonds is 6. The second-order valence-electron chi connectivity index (χ2n) is 6.17. The highest BCUT2D eigenvalue weighted by atomic mass is 16.4. The maximum absolute atomic E-state index is 12.7. The topological polar surface area (TPSA) is 75.4 Å². The number of carboxylic acids is 1. The predicted molar refractivity (Wildman–Crippen MR) is 91.6 cm³/mol. The SMILES string of the molecule is Cc1ccccc1-n1ncc(C(=O)N(C)CCC(=O)O)c1C(C)C. The van der Waals surface area contributed by atoms with Crippen molar-refractivity contribution in [2.75, 3.05) is 13.6 Å². The monoisotopic (exact) mass is 329 g/mol. The molecule has 0 unspecified atom stereocenters. The molecule has 6 nitrogen and oxygen atoms in total. The molecule has 1 heterocycles. The van der Waals surface area contributed by atoms with E-state index in [0.29, 0.717) is 5.56 Å². The quantitative estimate of drug-likeness (QED) is 0.884. The Kier molecular flexibility index (Phi) is 5.39. The van der Waals surface area contributed by atoms with Gasteiger partial charge in [-0.25, -0.2) is 4.68 Å². The van der Waals surface area contributed by atoms with E-state index in [9.17, 15) is 9.59 Å². The molecule has 0 bridgehead atoms. The number of amides is 1. The van der Waals surface area contributed by atoms with E-state index in [-0.39, 0.29) is 24.8 Å². The summed E-state index contributed by atoms with van der Waals surface area (Å²) in [7, 11) is 1.61. The Balaban J connectivity index is 2.40. The second-order valence-corrected chi connectivity index (χ2v) is 6.17. The number of aliphatic carboxylic acids is 1. The third-order valence-electron chi connectivity index (χ3n) is 3.94. The lowest BCUT2D eigenvalue weighted by Gasteiger charge is -2.18. The van der Waals surface area contributed by atoms with Gasteiger partial charge in [0.1, 0.15) is 0 Å². The normalized spacial score (nSPS) is 10.9. The highest BCUT2D eigenvalue weighted by molar-refractivity contribution is 5.95. The van der Waals surface area contributed by atoms with Crippen molar-refractivity contribution >= 4 is 11.9 Å². The molecule has 0 aliphatic rings. The maximum Gasteiger partial charge on any atom is 0.305 e. The van der Waals surface area contributed by atoms with Gasteiger partial charge < -0.3 is 10.0 Å². The molecule has 0 spiro atoms. The lowest BCUT2D eigenvalue weighted by molar-refractivity contribution is -0.137. The van der Waals surface area contributed by atoms with Gasteiger partial charge in [-0.05, 0) is 24.5 Å². The number of carbonyl (C=O) groups excluding carboxylic acids is 1. The van der Waals surface area contributed by atoms with Gasteiger partial charge in [0.2, 0.25) is 0 Å². The Morgan fingerprint density at radius 2 is 1.96 bits per heavy atom. The number of hydrogen-bond donors (Lipinski definition) is 1. The van der Waals surface area contributed by atoms with Crippen LogP contribution in [0.1, 0.15) is 47.8 Å². The number of para-hydroxylation sites is 1. The minimum Gasteiger partial charge on any atom is -0.481 e. The fraction of sp³-hybridized carbons (Fsp3) is 0.389. The summed E-state index contributed by atoms with van der Waals surface area (Å²) in [5.41, 5.74) is 3.35. The van der Waals surface area contributed by atoms with Crippen LogP contribution in [0.3, 0.4) is 0 Å². The molecule has 0 radical (unpaired) electrons. The first kappa shape index (κ1) is 17.7. The molecular weight excluding hydrogens is 306 g/mol. The van der Waals surface area contributed by atoms with Gasteiger partial charge in [-0.15, -0.1) is 0 Å². The number of carbonyl (C=O) groups is 2.